The molecule has 1 heterocycles. The van der Waals surface area contributed by atoms with Crippen LogP contribution in [-0.4, -0.2) is 30.9 Å². The van der Waals surface area contributed by atoms with Gasteiger partial charge in [-0.05, 0) is 48.9 Å². The largest absolute Gasteiger partial charge is 0.480 e. The van der Waals surface area contributed by atoms with E-state index in [1.54, 1.807) is 31.2 Å². The Morgan fingerprint density at radius 2 is 1.89 bits per heavy atom. The van der Waals surface area contributed by atoms with Crippen LogP contribution in [0.3, 0.4) is 0 Å². The molecule has 0 saturated carbocycles. The van der Waals surface area contributed by atoms with Gasteiger partial charge in [-0.15, -0.1) is 0 Å². The van der Waals surface area contributed by atoms with Crippen LogP contribution in [0.2, 0.25) is 10.0 Å². The molecule has 140 valence electrons. The van der Waals surface area contributed by atoms with Gasteiger partial charge in [-0.1, -0.05) is 23.2 Å². The molecule has 0 bridgehead atoms. The Kier molecular flexibility index (Phi) is 5.68. The van der Waals surface area contributed by atoms with Crippen LogP contribution in [0.25, 0.3) is 0 Å². The fraction of sp³-hybridized carbons (Fsp3) is 0.211. The second kappa shape index (κ2) is 7.98. The average molecular weight is 408 g/mol. The maximum atomic E-state index is 12.2. The highest BCUT2D eigenvalue weighted by Gasteiger charge is 2.27. The number of Topliss-reactive ketones (excluding diaryl/α,β-unsaturated/α-hetero) is 1. The molecule has 6 nitrogen and oxygen atoms in total. The number of hydrogen-bond acceptors (Lipinski definition) is 5. The highest BCUT2D eigenvalue weighted by Crippen LogP contribution is 2.32. The molecule has 0 spiro atoms. The fourth-order valence-corrected chi connectivity index (χ4v) is 3.05. The fourth-order valence-electron chi connectivity index (χ4n) is 2.59. The van der Waals surface area contributed by atoms with Crippen molar-refractivity contribution in [2.45, 2.75) is 12.8 Å². The molecular formula is C19H15Cl2NO5. The Morgan fingerprint density at radius 3 is 2.63 bits per heavy atom. The van der Waals surface area contributed by atoms with E-state index in [0.29, 0.717) is 16.3 Å². The van der Waals surface area contributed by atoms with Crippen LogP contribution < -0.4 is 10.1 Å². The second-order valence-electron chi connectivity index (χ2n) is 5.96. The van der Waals surface area contributed by atoms with E-state index < -0.39 is 19.2 Å². The first-order chi connectivity index (χ1) is 12.8. The average Bonchev–Trinajstić information content (AvgIpc) is 2.92. The number of halogens is 2. The lowest BCUT2D eigenvalue weighted by atomic mass is 9.99. The zero-order valence-corrected chi connectivity index (χ0v) is 15.8. The van der Waals surface area contributed by atoms with Gasteiger partial charge in [0.15, 0.2) is 19.0 Å². The molecule has 0 saturated heterocycles. The lowest BCUT2D eigenvalue weighted by Gasteiger charge is -2.09. The molecule has 0 fully saturated rings. The number of anilines is 1. The van der Waals surface area contributed by atoms with Crippen LogP contribution in [0.5, 0.6) is 5.75 Å². The van der Waals surface area contributed by atoms with E-state index >= 15 is 0 Å². The zero-order valence-electron chi connectivity index (χ0n) is 14.3. The van der Waals surface area contributed by atoms with Gasteiger partial charge in [0.25, 0.3) is 0 Å². The van der Waals surface area contributed by atoms with Gasteiger partial charge in [-0.2, -0.15) is 0 Å². The minimum Gasteiger partial charge on any atom is -0.480 e. The third kappa shape index (κ3) is 4.40. The predicted octanol–water partition coefficient (Wildman–Crippen LogP) is 3.85. The van der Waals surface area contributed by atoms with Crippen molar-refractivity contribution < 1.29 is 23.9 Å². The molecule has 8 heteroatoms. The maximum absolute atomic E-state index is 12.2. The summed E-state index contributed by atoms with van der Waals surface area (Å²) < 4.78 is 10.2. The van der Waals surface area contributed by atoms with Crippen LogP contribution in [0.15, 0.2) is 36.4 Å². The summed E-state index contributed by atoms with van der Waals surface area (Å²) in [7, 11) is 0. The highest BCUT2D eigenvalue weighted by atomic mass is 35.5. The first-order valence-electron chi connectivity index (χ1n) is 8.06. The van der Waals surface area contributed by atoms with Gasteiger partial charge in [-0.3, -0.25) is 9.59 Å². The SMILES string of the molecule is C[C@H]1C(=O)Nc2ccc(C(=O)COC(=O)COc3ccc(Cl)cc3Cl)cc21. The molecule has 27 heavy (non-hydrogen) atoms. The molecule has 2 aromatic carbocycles. The summed E-state index contributed by atoms with van der Waals surface area (Å²) in [6.45, 7) is 0.939. The number of ether oxygens (including phenoxy) is 2. The quantitative estimate of drug-likeness (QED) is 0.580. The molecule has 1 N–H and O–H groups in total. The van der Waals surface area contributed by atoms with Gasteiger partial charge in [0.2, 0.25) is 5.91 Å². The summed E-state index contributed by atoms with van der Waals surface area (Å²) in [5, 5.41) is 3.44. The molecule has 2 aromatic rings. The number of carbonyl (C=O) groups is 3. The Balaban J connectivity index is 1.53. The van der Waals surface area contributed by atoms with Crippen molar-refractivity contribution in [1.29, 1.82) is 0 Å². The molecule has 1 atom stereocenters. The number of hydrogen-bond donors (Lipinski definition) is 1. The van der Waals surface area contributed by atoms with Gasteiger partial charge in [0.1, 0.15) is 5.75 Å². The van der Waals surface area contributed by atoms with Crippen molar-refractivity contribution in [2.75, 3.05) is 18.5 Å². The van der Waals surface area contributed by atoms with E-state index in [1.807, 2.05) is 0 Å². The molecule has 1 aliphatic rings. The maximum Gasteiger partial charge on any atom is 0.344 e. The van der Waals surface area contributed by atoms with E-state index in [4.69, 9.17) is 32.7 Å². The summed E-state index contributed by atoms with van der Waals surface area (Å²) in [4.78, 5) is 35.7. The first kappa shape index (κ1) is 19.2. The molecule has 1 amide bonds. The van der Waals surface area contributed by atoms with Crippen LogP contribution >= 0.6 is 23.2 Å². The molecule has 0 aliphatic carbocycles. The number of amides is 1. The summed E-state index contributed by atoms with van der Waals surface area (Å²) in [6, 6.07) is 9.48. The summed E-state index contributed by atoms with van der Waals surface area (Å²) in [6.07, 6.45) is 0. The van der Waals surface area contributed by atoms with Gasteiger partial charge < -0.3 is 14.8 Å². The lowest BCUT2D eigenvalue weighted by Crippen LogP contribution is -2.19. The third-order valence-electron chi connectivity index (χ3n) is 4.09. The number of fused-ring (bicyclic) bond motifs is 1. The lowest BCUT2D eigenvalue weighted by molar-refractivity contribution is -0.144. The molecule has 3 rings (SSSR count). The van der Waals surface area contributed by atoms with E-state index in [0.717, 1.165) is 5.56 Å². The summed E-state index contributed by atoms with van der Waals surface area (Å²) in [5.74, 6) is -1.23. The van der Waals surface area contributed by atoms with E-state index in [-0.39, 0.29) is 28.4 Å². The molecule has 0 unspecified atom stereocenters. The van der Waals surface area contributed by atoms with E-state index in [2.05, 4.69) is 5.32 Å². The standard InChI is InChI=1S/C19H15Cl2NO5/c1-10-13-6-11(2-4-15(13)22-19(10)25)16(23)8-27-18(24)9-26-17-5-3-12(20)7-14(17)21/h2-7,10H,8-9H2,1H3,(H,22,25)/t10-/m1/s1. The minimum atomic E-state index is -0.708. The second-order valence-corrected chi connectivity index (χ2v) is 6.80. The number of rotatable bonds is 6. The van der Waals surface area contributed by atoms with E-state index in [1.165, 1.54) is 12.1 Å². The Bertz CT molecular complexity index is 928. The van der Waals surface area contributed by atoms with Crippen molar-refractivity contribution in [2.24, 2.45) is 0 Å². The van der Waals surface area contributed by atoms with Gasteiger partial charge in [-0.25, -0.2) is 4.79 Å². The van der Waals surface area contributed by atoms with E-state index in [9.17, 15) is 14.4 Å². The number of ketones is 1. The highest BCUT2D eigenvalue weighted by molar-refractivity contribution is 6.35. The predicted molar refractivity (Wildman–Crippen MR) is 101 cm³/mol. The van der Waals surface area contributed by atoms with Gasteiger partial charge in [0, 0.05) is 16.3 Å². The number of esters is 1. The number of benzene rings is 2. The van der Waals surface area contributed by atoms with Gasteiger partial charge >= 0.3 is 5.97 Å². The number of nitrogens with one attached hydrogen (secondary N) is 1. The topological polar surface area (TPSA) is 81.7 Å². The monoisotopic (exact) mass is 407 g/mol. The number of carbonyl (C=O) groups excluding carboxylic acids is 3. The summed E-state index contributed by atoms with van der Waals surface area (Å²) >= 11 is 11.7. The van der Waals surface area contributed by atoms with Crippen LogP contribution in [0.1, 0.15) is 28.8 Å². The van der Waals surface area contributed by atoms with Crippen LogP contribution in [0, 0.1) is 0 Å². The first-order valence-corrected chi connectivity index (χ1v) is 8.82. The Morgan fingerprint density at radius 1 is 1.11 bits per heavy atom. The Labute approximate surface area is 165 Å². The molecular weight excluding hydrogens is 393 g/mol. The molecule has 1 aliphatic heterocycles. The van der Waals surface area contributed by atoms with Crippen molar-refractivity contribution in [3.05, 3.63) is 57.6 Å². The Hall–Kier alpha value is -2.57. The van der Waals surface area contributed by atoms with Crippen molar-refractivity contribution in [1.82, 2.24) is 0 Å². The van der Waals surface area contributed by atoms with Crippen molar-refractivity contribution >= 4 is 46.5 Å². The molecule has 0 aromatic heterocycles. The van der Waals surface area contributed by atoms with Crippen molar-refractivity contribution in [3.63, 3.8) is 0 Å². The van der Waals surface area contributed by atoms with Crippen molar-refractivity contribution in [3.8, 4) is 5.75 Å². The van der Waals surface area contributed by atoms with Crippen LogP contribution in [0.4, 0.5) is 5.69 Å². The smallest absolute Gasteiger partial charge is 0.344 e. The van der Waals surface area contributed by atoms with Gasteiger partial charge in [0.05, 0.1) is 10.9 Å². The third-order valence-corrected chi connectivity index (χ3v) is 4.63. The normalized spacial score (nSPS) is 15.1. The summed E-state index contributed by atoms with van der Waals surface area (Å²) in [5.41, 5.74) is 1.80. The van der Waals surface area contributed by atoms with Crippen LogP contribution in [-0.2, 0) is 14.3 Å². The molecule has 0 radical (unpaired) electrons. The minimum absolute atomic E-state index is 0.112. The zero-order chi connectivity index (χ0) is 19.6.